The van der Waals surface area contributed by atoms with Crippen LogP contribution in [0, 0.1) is 5.41 Å². The molecule has 1 fully saturated rings. The molecule has 0 heterocycles. The molecule has 2 N–H and O–H groups in total. The first-order valence-electron chi connectivity index (χ1n) is 6.40. The van der Waals surface area contributed by atoms with Crippen molar-refractivity contribution in [1.82, 2.24) is 5.32 Å². The van der Waals surface area contributed by atoms with Crippen LogP contribution in [0.4, 0.5) is 0 Å². The molecule has 0 spiro atoms. The van der Waals surface area contributed by atoms with Crippen LogP contribution >= 0.6 is 23.2 Å². The monoisotopic (exact) mass is 301 g/mol. The van der Waals surface area contributed by atoms with E-state index in [2.05, 4.69) is 5.32 Å². The average Bonchev–Trinajstić information content (AvgIpc) is 2.85. The quantitative estimate of drug-likeness (QED) is 0.896. The van der Waals surface area contributed by atoms with Crippen molar-refractivity contribution in [2.75, 3.05) is 13.2 Å². The minimum atomic E-state index is -0.221. The maximum absolute atomic E-state index is 12.1. The Balaban J connectivity index is 2.01. The van der Waals surface area contributed by atoms with E-state index in [1.807, 2.05) is 0 Å². The van der Waals surface area contributed by atoms with Gasteiger partial charge in [-0.15, -0.1) is 0 Å². The van der Waals surface area contributed by atoms with E-state index in [0.717, 1.165) is 25.7 Å². The van der Waals surface area contributed by atoms with Crippen molar-refractivity contribution in [2.24, 2.45) is 5.41 Å². The van der Waals surface area contributed by atoms with Crippen molar-refractivity contribution in [1.29, 1.82) is 0 Å². The van der Waals surface area contributed by atoms with E-state index in [1.54, 1.807) is 18.2 Å². The normalized spacial score (nSPS) is 17.4. The summed E-state index contributed by atoms with van der Waals surface area (Å²) in [4.78, 5) is 12.1. The third-order valence-electron chi connectivity index (χ3n) is 3.80. The van der Waals surface area contributed by atoms with Gasteiger partial charge in [-0.1, -0.05) is 36.0 Å². The summed E-state index contributed by atoms with van der Waals surface area (Å²) in [5.74, 6) is -0.221. The van der Waals surface area contributed by atoms with Gasteiger partial charge in [0.05, 0.1) is 17.2 Å². The predicted molar refractivity (Wildman–Crippen MR) is 76.8 cm³/mol. The first-order valence-corrected chi connectivity index (χ1v) is 7.16. The molecule has 1 saturated carbocycles. The highest BCUT2D eigenvalue weighted by Gasteiger charge is 2.33. The second kappa shape index (κ2) is 6.12. The number of amides is 1. The van der Waals surface area contributed by atoms with Gasteiger partial charge in [0, 0.05) is 17.0 Å². The smallest absolute Gasteiger partial charge is 0.252 e. The van der Waals surface area contributed by atoms with Crippen LogP contribution in [0.1, 0.15) is 36.0 Å². The maximum atomic E-state index is 12.1. The molecule has 1 aromatic rings. The Labute approximate surface area is 122 Å². The SMILES string of the molecule is O=C(NCC1(CO)CCCC1)c1ccc(Cl)cc1Cl. The lowest BCUT2D eigenvalue weighted by Crippen LogP contribution is -2.38. The third-order valence-corrected chi connectivity index (χ3v) is 4.35. The maximum Gasteiger partial charge on any atom is 0.252 e. The van der Waals surface area contributed by atoms with E-state index in [4.69, 9.17) is 23.2 Å². The summed E-state index contributed by atoms with van der Waals surface area (Å²) in [7, 11) is 0. The molecule has 0 bridgehead atoms. The number of aliphatic hydroxyl groups is 1. The van der Waals surface area contributed by atoms with E-state index < -0.39 is 0 Å². The van der Waals surface area contributed by atoms with Gasteiger partial charge in [0.15, 0.2) is 0 Å². The molecule has 0 atom stereocenters. The molecule has 3 nitrogen and oxygen atoms in total. The minimum Gasteiger partial charge on any atom is -0.396 e. The number of aliphatic hydroxyl groups excluding tert-OH is 1. The molecule has 1 amide bonds. The molecule has 0 aromatic heterocycles. The Morgan fingerprint density at radius 2 is 2.00 bits per heavy atom. The molecule has 1 aromatic carbocycles. The number of carbonyl (C=O) groups is 1. The van der Waals surface area contributed by atoms with Crippen LogP contribution in [0.15, 0.2) is 18.2 Å². The lowest BCUT2D eigenvalue weighted by Gasteiger charge is -2.26. The second-order valence-corrected chi connectivity index (χ2v) is 6.02. The molecule has 1 aliphatic carbocycles. The fraction of sp³-hybridized carbons (Fsp3) is 0.500. The Hall–Kier alpha value is -0.770. The van der Waals surface area contributed by atoms with Crippen LogP contribution < -0.4 is 5.32 Å². The lowest BCUT2D eigenvalue weighted by molar-refractivity contribution is 0.0881. The van der Waals surface area contributed by atoms with Gasteiger partial charge in [-0.3, -0.25) is 4.79 Å². The summed E-state index contributed by atoms with van der Waals surface area (Å²) >= 11 is 11.8. The summed E-state index contributed by atoms with van der Waals surface area (Å²) in [6.07, 6.45) is 4.13. The number of nitrogens with one attached hydrogen (secondary N) is 1. The van der Waals surface area contributed by atoms with Gasteiger partial charge in [0.1, 0.15) is 0 Å². The lowest BCUT2D eigenvalue weighted by atomic mass is 9.87. The van der Waals surface area contributed by atoms with Crippen LogP contribution in [0.25, 0.3) is 0 Å². The zero-order valence-electron chi connectivity index (χ0n) is 10.6. The zero-order chi connectivity index (χ0) is 13.9. The number of rotatable bonds is 4. The van der Waals surface area contributed by atoms with Crippen LogP contribution in [-0.2, 0) is 0 Å². The van der Waals surface area contributed by atoms with Gasteiger partial charge < -0.3 is 10.4 Å². The highest BCUT2D eigenvalue weighted by molar-refractivity contribution is 6.36. The molecule has 0 unspecified atom stereocenters. The van der Waals surface area contributed by atoms with Crippen LogP contribution in [0.2, 0.25) is 10.0 Å². The van der Waals surface area contributed by atoms with E-state index >= 15 is 0 Å². The highest BCUT2D eigenvalue weighted by atomic mass is 35.5. The fourth-order valence-corrected chi connectivity index (χ4v) is 3.05. The van der Waals surface area contributed by atoms with Gasteiger partial charge in [0.2, 0.25) is 0 Å². The molecule has 5 heteroatoms. The Kier molecular flexibility index (Phi) is 4.71. The molecule has 104 valence electrons. The van der Waals surface area contributed by atoms with Crippen molar-refractivity contribution in [3.63, 3.8) is 0 Å². The molecule has 2 rings (SSSR count). The van der Waals surface area contributed by atoms with E-state index in [1.165, 1.54) is 0 Å². The molecule has 0 aliphatic heterocycles. The molecular weight excluding hydrogens is 285 g/mol. The van der Waals surface area contributed by atoms with E-state index in [0.29, 0.717) is 22.2 Å². The molecular formula is C14H17Cl2NO2. The number of halogens is 2. The Morgan fingerprint density at radius 3 is 2.58 bits per heavy atom. The fourth-order valence-electron chi connectivity index (χ4n) is 2.55. The number of hydrogen-bond acceptors (Lipinski definition) is 2. The minimum absolute atomic E-state index is 0.113. The molecule has 19 heavy (non-hydrogen) atoms. The zero-order valence-corrected chi connectivity index (χ0v) is 12.1. The van der Waals surface area contributed by atoms with Gasteiger partial charge >= 0.3 is 0 Å². The summed E-state index contributed by atoms with van der Waals surface area (Å²) in [5, 5.41) is 13.2. The standard InChI is InChI=1S/C14H17Cl2NO2/c15-10-3-4-11(12(16)7-10)13(19)17-8-14(9-18)5-1-2-6-14/h3-4,7,18H,1-2,5-6,8-9H2,(H,17,19). The first kappa shape index (κ1) is 14.6. The Morgan fingerprint density at radius 1 is 1.32 bits per heavy atom. The highest BCUT2D eigenvalue weighted by Crippen LogP contribution is 2.37. The van der Waals surface area contributed by atoms with Crippen LogP contribution in [-0.4, -0.2) is 24.2 Å². The van der Waals surface area contributed by atoms with Gasteiger partial charge in [-0.2, -0.15) is 0 Å². The van der Waals surface area contributed by atoms with Gasteiger partial charge in [-0.25, -0.2) is 0 Å². The number of carbonyl (C=O) groups excluding carboxylic acids is 1. The van der Waals surface area contributed by atoms with Crippen molar-refractivity contribution in [2.45, 2.75) is 25.7 Å². The largest absolute Gasteiger partial charge is 0.396 e. The summed E-state index contributed by atoms with van der Waals surface area (Å²) < 4.78 is 0. The summed E-state index contributed by atoms with van der Waals surface area (Å²) in [5.41, 5.74) is 0.256. The number of benzene rings is 1. The van der Waals surface area contributed by atoms with Crippen LogP contribution in [0.5, 0.6) is 0 Å². The van der Waals surface area contributed by atoms with E-state index in [-0.39, 0.29) is 17.9 Å². The van der Waals surface area contributed by atoms with Gasteiger partial charge in [-0.05, 0) is 31.0 Å². The predicted octanol–water partition coefficient (Wildman–Crippen LogP) is 3.28. The third kappa shape index (κ3) is 3.41. The van der Waals surface area contributed by atoms with Gasteiger partial charge in [0.25, 0.3) is 5.91 Å². The molecule has 0 saturated heterocycles. The summed E-state index contributed by atoms with van der Waals surface area (Å²) in [6.45, 7) is 0.600. The van der Waals surface area contributed by atoms with Crippen LogP contribution in [0.3, 0.4) is 0 Å². The average molecular weight is 302 g/mol. The topological polar surface area (TPSA) is 49.3 Å². The first-order chi connectivity index (χ1) is 9.06. The molecule has 1 aliphatic rings. The van der Waals surface area contributed by atoms with Crippen molar-refractivity contribution in [3.8, 4) is 0 Å². The number of hydrogen-bond donors (Lipinski definition) is 2. The van der Waals surface area contributed by atoms with Crippen molar-refractivity contribution >= 4 is 29.1 Å². The second-order valence-electron chi connectivity index (χ2n) is 5.17. The van der Waals surface area contributed by atoms with Crippen molar-refractivity contribution in [3.05, 3.63) is 33.8 Å². The van der Waals surface area contributed by atoms with Crippen molar-refractivity contribution < 1.29 is 9.90 Å². The molecule has 0 radical (unpaired) electrons. The summed E-state index contributed by atoms with van der Waals surface area (Å²) in [6, 6.07) is 4.80. The van der Waals surface area contributed by atoms with E-state index in [9.17, 15) is 9.90 Å². The Bertz CT molecular complexity index is 471.